The van der Waals surface area contributed by atoms with Gasteiger partial charge in [-0.2, -0.15) is 0 Å². The van der Waals surface area contributed by atoms with Crippen molar-refractivity contribution >= 4 is 0 Å². The second-order valence-electron chi connectivity index (χ2n) is 4.85. The first kappa shape index (κ1) is 11.5. The van der Waals surface area contributed by atoms with Crippen molar-refractivity contribution in [2.24, 2.45) is 5.92 Å². The predicted molar refractivity (Wildman–Crippen MR) is 64.7 cm³/mol. The van der Waals surface area contributed by atoms with Crippen molar-refractivity contribution < 1.29 is 9.84 Å². The summed E-state index contributed by atoms with van der Waals surface area (Å²) in [6.45, 7) is 2.29. The van der Waals surface area contributed by atoms with Gasteiger partial charge in [0.15, 0.2) is 0 Å². The first-order chi connectivity index (χ1) is 7.70. The number of phenols is 1. The van der Waals surface area contributed by atoms with Gasteiger partial charge >= 0.3 is 0 Å². The Morgan fingerprint density at radius 3 is 2.81 bits per heavy atom. The average molecular weight is 220 g/mol. The van der Waals surface area contributed by atoms with Crippen LogP contribution in [0.4, 0.5) is 0 Å². The van der Waals surface area contributed by atoms with Gasteiger partial charge in [-0.05, 0) is 48.8 Å². The van der Waals surface area contributed by atoms with Crippen molar-refractivity contribution in [3.8, 4) is 5.75 Å². The third kappa shape index (κ3) is 2.38. The van der Waals surface area contributed by atoms with Crippen LogP contribution in [-0.2, 0) is 4.74 Å². The lowest BCUT2D eigenvalue weighted by Crippen LogP contribution is -2.26. The number of phenolic OH excluding ortho intramolecular Hbond substituents is 1. The lowest BCUT2D eigenvalue weighted by molar-refractivity contribution is 0.0493. The van der Waals surface area contributed by atoms with Crippen LogP contribution in [0.5, 0.6) is 5.75 Å². The first-order valence-electron chi connectivity index (χ1n) is 6.02. The number of methoxy groups -OCH3 is 1. The molecule has 0 aliphatic heterocycles. The van der Waals surface area contributed by atoms with Crippen molar-refractivity contribution in [3.05, 3.63) is 29.8 Å². The van der Waals surface area contributed by atoms with E-state index in [0.717, 1.165) is 12.8 Å². The Morgan fingerprint density at radius 1 is 1.31 bits per heavy atom. The summed E-state index contributed by atoms with van der Waals surface area (Å²) in [4.78, 5) is 0. The Morgan fingerprint density at radius 2 is 2.12 bits per heavy atom. The van der Waals surface area contributed by atoms with Crippen molar-refractivity contribution in [2.75, 3.05) is 7.11 Å². The summed E-state index contributed by atoms with van der Waals surface area (Å²) in [5.74, 6) is 1.56. The molecule has 1 saturated carbocycles. The fourth-order valence-electron chi connectivity index (χ4n) is 2.72. The molecule has 1 N–H and O–H groups in total. The molecule has 88 valence electrons. The number of benzene rings is 1. The zero-order valence-electron chi connectivity index (χ0n) is 10.0. The average Bonchev–Trinajstić information content (AvgIpc) is 2.30. The molecule has 0 saturated heterocycles. The van der Waals surface area contributed by atoms with Gasteiger partial charge in [-0.15, -0.1) is 0 Å². The van der Waals surface area contributed by atoms with Crippen LogP contribution in [0.1, 0.15) is 37.7 Å². The van der Waals surface area contributed by atoms with E-state index in [0.29, 0.717) is 23.7 Å². The quantitative estimate of drug-likeness (QED) is 0.828. The molecule has 1 aromatic carbocycles. The molecule has 2 rings (SSSR count). The van der Waals surface area contributed by atoms with Crippen LogP contribution in [0.15, 0.2) is 24.3 Å². The summed E-state index contributed by atoms with van der Waals surface area (Å²) in [6.07, 6.45) is 3.82. The van der Waals surface area contributed by atoms with Gasteiger partial charge in [0.1, 0.15) is 5.75 Å². The van der Waals surface area contributed by atoms with E-state index in [1.165, 1.54) is 12.0 Å². The van der Waals surface area contributed by atoms with Gasteiger partial charge in [-0.3, -0.25) is 0 Å². The molecule has 1 aliphatic carbocycles. The van der Waals surface area contributed by atoms with Gasteiger partial charge in [-0.25, -0.2) is 0 Å². The summed E-state index contributed by atoms with van der Waals surface area (Å²) in [5, 5.41) is 9.52. The Kier molecular flexibility index (Phi) is 3.49. The van der Waals surface area contributed by atoms with Crippen LogP contribution < -0.4 is 0 Å². The Balaban J connectivity index is 2.17. The number of hydrogen-bond donors (Lipinski definition) is 1. The van der Waals surface area contributed by atoms with Gasteiger partial charge < -0.3 is 9.84 Å². The zero-order valence-corrected chi connectivity index (χ0v) is 10.0. The van der Waals surface area contributed by atoms with Crippen LogP contribution in [0.25, 0.3) is 0 Å². The summed E-state index contributed by atoms with van der Waals surface area (Å²) >= 11 is 0. The van der Waals surface area contributed by atoms with Crippen LogP contribution >= 0.6 is 0 Å². The van der Waals surface area contributed by atoms with Gasteiger partial charge in [-0.1, -0.05) is 19.1 Å². The van der Waals surface area contributed by atoms with Crippen molar-refractivity contribution in [1.82, 2.24) is 0 Å². The molecule has 2 nitrogen and oxygen atoms in total. The van der Waals surface area contributed by atoms with Crippen LogP contribution in [0, 0.1) is 5.92 Å². The second-order valence-corrected chi connectivity index (χ2v) is 4.85. The SMILES string of the molecule is COC1CCC(C)C(c2cccc(O)c2)C1. The van der Waals surface area contributed by atoms with E-state index >= 15 is 0 Å². The molecule has 1 fully saturated rings. The van der Waals surface area contributed by atoms with E-state index in [4.69, 9.17) is 4.74 Å². The minimum atomic E-state index is 0.365. The van der Waals surface area contributed by atoms with E-state index in [1.807, 2.05) is 12.1 Å². The highest BCUT2D eigenvalue weighted by atomic mass is 16.5. The lowest BCUT2D eigenvalue weighted by atomic mass is 9.75. The Labute approximate surface area is 97.3 Å². The van der Waals surface area contributed by atoms with E-state index in [9.17, 15) is 5.11 Å². The largest absolute Gasteiger partial charge is 0.508 e. The summed E-state index contributed by atoms with van der Waals surface area (Å²) < 4.78 is 5.46. The van der Waals surface area contributed by atoms with Crippen molar-refractivity contribution in [1.29, 1.82) is 0 Å². The van der Waals surface area contributed by atoms with Crippen LogP contribution in [0.2, 0.25) is 0 Å². The van der Waals surface area contributed by atoms with Gasteiger partial charge in [0.05, 0.1) is 6.10 Å². The molecule has 3 atom stereocenters. The van der Waals surface area contributed by atoms with E-state index in [2.05, 4.69) is 13.0 Å². The second kappa shape index (κ2) is 4.88. The molecule has 0 bridgehead atoms. The highest BCUT2D eigenvalue weighted by Crippen LogP contribution is 2.39. The number of hydrogen-bond acceptors (Lipinski definition) is 2. The summed E-state index contributed by atoms with van der Waals surface area (Å²) in [6, 6.07) is 7.65. The van der Waals surface area contributed by atoms with Crippen LogP contribution in [-0.4, -0.2) is 18.3 Å². The fraction of sp³-hybridized carbons (Fsp3) is 0.571. The van der Waals surface area contributed by atoms with Gasteiger partial charge in [0.2, 0.25) is 0 Å². The van der Waals surface area contributed by atoms with Gasteiger partial charge in [0.25, 0.3) is 0 Å². The molecule has 0 heterocycles. The Hall–Kier alpha value is -1.02. The monoisotopic (exact) mass is 220 g/mol. The Bertz CT molecular complexity index is 348. The van der Waals surface area contributed by atoms with Gasteiger partial charge in [0, 0.05) is 7.11 Å². The minimum absolute atomic E-state index is 0.365. The lowest BCUT2D eigenvalue weighted by Gasteiger charge is -2.34. The maximum absolute atomic E-state index is 9.52. The molecule has 0 amide bonds. The number of rotatable bonds is 2. The molecular weight excluding hydrogens is 200 g/mol. The zero-order chi connectivity index (χ0) is 11.5. The van der Waals surface area contributed by atoms with E-state index in [1.54, 1.807) is 13.2 Å². The number of aromatic hydroxyl groups is 1. The topological polar surface area (TPSA) is 29.5 Å². The number of ether oxygens (including phenoxy) is 1. The third-order valence-corrected chi connectivity index (χ3v) is 3.78. The molecule has 0 aromatic heterocycles. The normalized spacial score (nSPS) is 30.2. The standard InChI is InChI=1S/C14H20O2/c1-10-6-7-13(16-2)9-14(10)11-4-3-5-12(15)8-11/h3-5,8,10,13-15H,6-7,9H2,1-2H3. The highest BCUT2D eigenvalue weighted by molar-refractivity contribution is 5.30. The smallest absolute Gasteiger partial charge is 0.115 e. The molecule has 3 unspecified atom stereocenters. The summed E-state index contributed by atoms with van der Waals surface area (Å²) in [7, 11) is 1.79. The molecule has 0 spiro atoms. The molecule has 0 radical (unpaired) electrons. The molecule has 2 heteroatoms. The van der Waals surface area contributed by atoms with E-state index in [-0.39, 0.29) is 0 Å². The maximum Gasteiger partial charge on any atom is 0.115 e. The first-order valence-corrected chi connectivity index (χ1v) is 6.02. The predicted octanol–water partition coefficient (Wildman–Crippen LogP) is 3.31. The minimum Gasteiger partial charge on any atom is -0.508 e. The molecular formula is C14H20O2. The molecule has 1 aliphatic rings. The molecule has 16 heavy (non-hydrogen) atoms. The van der Waals surface area contributed by atoms with Crippen LogP contribution in [0.3, 0.4) is 0 Å². The van der Waals surface area contributed by atoms with Crippen molar-refractivity contribution in [2.45, 2.75) is 38.2 Å². The van der Waals surface area contributed by atoms with Crippen molar-refractivity contribution in [3.63, 3.8) is 0 Å². The fourth-order valence-corrected chi connectivity index (χ4v) is 2.72. The molecule has 1 aromatic rings. The third-order valence-electron chi connectivity index (χ3n) is 3.78. The summed E-state index contributed by atoms with van der Waals surface area (Å²) in [5.41, 5.74) is 1.24. The maximum atomic E-state index is 9.52. The highest BCUT2D eigenvalue weighted by Gasteiger charge is 2.28. The van der Waals surface area contributed by atoms with E-state index < -0.39 is 0 Å².